The number of carbonyl (C=O) groups excluding carboxylic acids is 2. The standard InChI is InChI=1S/C14H12N2O3S/c1-19-13(18)11-5-2-10(3-6-11)4-7-12(17)16-14-15-8-9-20-14/h2-9H,1H3,(H,15,16,17)/b7-4+. The third kappa shape index (κ3) is 3.76. The molecule has 0 saturated carbocycles. The minimum atomic E-state index is -0.387. The molecule has 1 N–H and O–H groups in total. The Hall–Kier alpha value is -2.47. The molecule has 20 heavy (non-hydrogen) atoms. The van der Waals surface area contributed by atoms with Gasteiger partial charge in [0.1, 0.15) is 0 Å². The predicted octanol–water partition coefficient (Wildman–Crippen LogP) is 2.58. The maximum absolute atomic E-state index is 11.6. The summed E-state index contributed by atoms with van der Waals surface area (Å²) in [6, 6.07) is 6.76. The molecule has 0 aliphatic rings. The molecular formula is C14H12N2O3S. The maximum atomic E-state index is 11.6. The highest BCUT2D eigenvalue weighted by atomic mass is 32.1. The van der Waals surface area contributed by atoms with Gasteiger partial charge >= 0.3 is 5.97 Å². The van der Waals surface area contributed by atoms with Crippen molar-refractivity contribution in [1.29, 1.82) is 0 Å². The van der Waals surface area contributed by atoms with E-state index in [4.69, 9.17) is 0 Å². The first-order valence-corrected chi connectivity index (χ1v) is 6.64. The lowest BCUT2D eigenvalue weighted by Gasteiger charge is -1.99. The number of methoxy groups -OCH3 is 1. The molecule has 1 amide bonds. The van der Waals surface area contributed by atoms with Gasteiger partial charge in [0.25, 0.3) is 0 Å². The first-order chi connectivity index (χ1) is 9.69. The zero-order valence-electron chi connectivity index (χ0n) is 10.7. The molecule has 0 unspecified atom stereocenters. The van der Waals surface area contributed by atoms with Gasteiger partial charge in [-0.2, -0.15) is 0 Å². The Morgan fingerprint density at radius 1 is 1.30 bits per heavy atom. The van der Waals surface area contributed by atoms with E-state index in [-0.39, 0.29) is 11.9 Å². The van der Waals surface area contributed by atoms with Gasteiger partial charge in [0.05, 0.1) is 12.7 Å². The van der Waals surface area contributed by atoms with Gasteiger partial charge in [0.2, 0.25) is 5.91 Å². The van der Waals surface area contributed by atoms with Crippen molar-refractivity contribution < 1.29 is 14.3 Å². The number of thiazole rings is 1. The van der Waals surface area contributed by atoms with Crippen molar-refractivity contribution in [3.63, 3.8) is 0 Å². The molecular weight excluding hydrogens is 276 g/mol. The number of carbonyl (C=O) groups is 2. The van der Waals surface area contributed by atoms with Gasteiger partial charge in [-0.15, -0.1) is 11.3 Å². The quantitative estimate of drug-likeness (QED) is 0.693. The molecule has 2 rings (SSSR count). The van der Waals surface area contributed by atoms with Gasteiger partial charge in [-0.05, 0) is 23.8 Å². The van der Waals surface area contributed by atoms with Crippen LogP contribution in [0.25, 0.3) is 6.08 Å². The van der Waals surface area contributed by atoms with E-state index in [1.807, 2.05) is 0 Å². The number of aromatic nitrogens is 1. The van der Waals surface area contributed by atoms with Crippen LogP contribution >= 0.6 is 11.3 Å². The summed E-state index contributed by atoms with van der Waals surface area (Å²) < 4.78 is 4.61. The van der Waals surface area contributed by atoms with Crippen LogP contribution in [-0.4, -0.2) is 24.0 Å². The number of esters is 1. The fraction of sp³-hybridized carbons (Fsp3) is 0.0714. The lowest BCUT2D eigenvalue weighted by molar-refractivity contribution is -0.111. The summed E-state index contributed by atoms with van der Waals surface area (Å²) >= 11 is 1.35. The second-order valence-corrected chi connectivity index (χ2v) is 4.67. The molecule has 0 aliphatic heterocycles. The number of ether oxygens (including phenoxy) is 1. The average molecular weight is 288 g/mol. The van der Waals surface area contributed by atoms with E-state index < -0.39 is 0 Å². The van der Waals surface area contributed by atoms with Crippen LogP contribution in [0.1, 0.15) is 15.9 Å². The molecule has 0 spiro atoms. The molecule has 1 aromatic heterocycles. The molecule has 1 aromatic carbocycles. The first kappa shape index (κ1) is 14.0. The lowest BCUT2D eigenvalue weighted by atomic mass is 10.1. The van der Waals surface area contributed by atoms with Crippen LogP contribution in [0.15, 0.2) is 41.9 Å². The Labute approximate surface area is 119 Å². The fourth-order valence-electron chi connectivity index (χ4n) is 1.45. The number of amides is 1. The van der Waals surface area contributed by atoms with Gasteiger partial charge in [-0.25, -0.2) is 9.78 Å². The summed E-state index contributed by atoms with van der Waals surface area (Å²) in [5, 5.41) is 4.98. The van der Waals surface area contributed by atoms with E-state index in [1.54, 1.807) is 41.9 Å². The highest BCUT2D eigenvalue weighted by molar-refractivity contribution is 7.13. The molecule has 0 radical (unpaired) electrons. The minimum absolute atomic E-state index is 0.253. The summed E-state index contributed by atoms with van der Waals surface area (Å²) in [5.74, 6) is -0.640. The Bertz CT molecular complexity index is 618. The van der Waals surface area contributed by atoms with Crippen molar-refractivity contribution in [3.8, 4) is 0 Å². The Morgan fingerprint density at radius 2 is 2.05 bits per heavy atom. The molecule has 0 aliphatic carbocycles. The molecule has 0 fully saturated rings. The van der Waals surface area contributed by atoms with Gasteiger partial charge in [-0.1, -0.05) is 12.1 Å². The van der Waals surface area contributed by atoms with Crippen molar-refractivity contribution in [3.05, 3.63) is 53.0 Å². The number of anilines is 1. The van der Waals surface area contributed by atoms with Crippen LogP contribution in [0.3, 0.4) is 0 Å². The van der Waals surface area contributed by atoms with E-state index in [1.165, 1.54) is 24.5 Å². The van der Waals surface area contributed by atoms with Crippen molar-refractivity contribution >= 4 is 34.4 Å². The van der Waals surface area contributed by atoms with Gasteiger partial charge in [0, 0.05) is 17.7 Å². The Balaban J connectivity index is 1.97. The summed E-state index contributed by atoms with van der Waals surface area (Å²) in [7, 11) is 1.33. The number of nitrogens with zero attached hydrogens (tertiary/aromatic N) is 1. The molecule has 0 atom stereocenters. The molecule has 2 aromatic rings. The summed E-state index contributed by atoms with van der Waals surface area (Å²) in [6.07, 6.45) is 4.69. The molecule has 0 saturated heterocycles. The van der Waals surface area contributed by atoms with Crippen LogP contribution in [0.5, 0.6) is 0 Å². The normalized spacial score (nSPS) is 10.4. The minimum Gasteiger partial charge on any atom is -0.465 e. The lowest BCUT2D eigenvalue weighted by Crippen LogP contribution is -2.07. The topological polar surface area (TPSA) is 68.3 Å². The SMILES string of the molecule is COC(=O)c1ccc(/C=C/C(=O)Nc2nccs2)cc1. The van der Waals surface area contributed by atoms with Crippen molar-refractivity contribution in [2.45, 2.75) is 0 Å². The fourth-order valence-corrected chi connectivity index (χ4v) is 1.98. The highest BCUT2D eigenvalue weighted by Gasteiger charge is 2.03. The van der Waals surface area contributed by atoms with Crippen molar-refractivity contribution in [2.75, 3.05) is 12.4 Å². The van der Waals surface area contributed by atoms with E-state index in [2.05, 4.69) is 15.0 Å². The number of hydrogen-bond donors (Lipinski definition) is 1. The van der Waals surface area contributed by atoms with Crippen LogP contribution in [0.4, 0.5) is 5.13 Å². The molecule has 0 bridgehead atoms. The summed E-state index contributed by atoms with van der Waals surface area (Å²) in [6.45, 7) is 0. The first-order valence-electron chi connectivity index (χ1n) is 5.76. The highest BCUT2D eigenvalue weighted by Crippen LogP contribution is 2.11. The molecule has 102 valence electrons. The number of rotatable bonds is 4. The second-order valence-electron chi connectivity index (χ2n) is 3.77. The van der Waals surface area contributed by atoms with Crippen molar-refractivity contribution in [1.82, 2.24) is 4.98 Å². The van der Waals surface area contributed by atoms with Crippen LogP contribution in [0.2, 0.25) is 0 Å². The number of benzene rings is 1. The van der Waals surface area contributed by atoms with Crippen LogP contribution in [0, 0.1) is 0 Å². The molecule has 6 heteroatoms. The third-order valence-electron chi connectivity index (χ3n) is 2.42. The Morgan fingerprint density at radius 3 is 2.65 bits per heavy atom. The maximum Gasteiger partial charge on any atom is 0.337 e. The van der Waals surface area contributed by atoms with E-state index in [9.17, 15) is 9.59 Å². The zero-order chi connectivity index (χ0) is 14.4. The molecule has 5 nitrogen and oxygen atoms in total. The number of nitrogens with one attached hydrogen (secondary N) is 1. The third-order valence-corrected chi connectivity index (χ3v) is 3.11. The zero-order valence-corrected chi connectivity index (χ0v) is 11.5. The number of hydrogen-bond acceptors (Lipinski definition) is 5. The summed E-state index contributed by atoms with van der Waals surface area (Å²) in [5.41, 5.74) is 1.28. The average Bonchev–Trinajstić information content (AvgIpc) is 2.97. The molecule has 1 heterocycles. The summed E-state index contributed by atoms with van der Waals surface area (Å²) in [4.78, 5) is 26.8. The van der Waals surface area contributed by atoms with E-state index in [0.717, 1.165) is 5.56 Å². The van der Waals surface area contributed by atoms with E-state index in [0.29, 0.717) is 10.7 Å². The van der Waals surface area contributed by atoms with Crippen LogP contribution in [-0.2, 0) is 9.53 Å². The largest absolute Gasteiger partial charge is 0.465 e. The van der Waals surface area contributed by atoms with Crippen LogP contribution < -0.4 is 5.32 Å². The smallest absolute Gasteiger partial charge is 0.337 e. The predicted molar refractivity (Wildman–Crippen MR) is 77.6 cm³/mol. The van der Waals surface area contributed by atoms with E-state index >= 15 is 0 Å². The van der Waals surface area contributed by atoms with Gasteiger partial charge < -0.3 is 4.74 Å². The Kier molecular flexibility index (Phi) is 4.62. The second kappa shape index (κ2) is 6.63. The monoisotopic (exact) mass is 288 g/mol. The van der Waals surface area contributed by atoms with Crippen molar-refractivity contribution in [2.24, 2.45) is 0 Å². The van der Waals surface area contributed by atoms with Gasteiger partial charge in [-0.3, -0.25) is 10.1 Å². The van der Waals surface area contributed by atoms with Gasteiger partial charge in [0.15, 0.2) is 5.13 Å².